The Kier molecular flexibility index (Phi) is 5.63. The number of benzene rings is 1. The molecule has 0 aromatic heterocycles. The highest BCUT2D eigenvalue weighted by Gasteiger charge is 2.32. The number of carbonyl (C=O) groups is 1. The fraction of sp³-hybridized carbons (Fsp3) is 0.611. The van der Waals surface area contributed by atoms with Crippen LogP contribution in [-0.2, 0) is 11.2 Å². The Hall–Kier alpha value is -1.31. The van der Waals surface area contributed by atoms with Gasteiger partial charge in [0.25, 0.3) is 0 Å². The van der Waals surface area contributed by atoms with E-state index in [-0.39, 0.29) is 11.8 Å². The van der Waals surface area contributed by atoms with Crippen LogP contribution in [0.2, 0.25) is 0 Å². The maximum atomic E-state index is 12.2. The van der Waals surface area contributed by atoms with Crippen LogP contribution < -0.4 is 5.32 Å². The van der Waals surface area contributed by atoms with Crippen molar-refractivity contribution in [1.82, 2.24) is 5.32 Å². The molecule has 1 aromatic rings. The summed E-state index contributed by atoms with van der Waals surface area (Å²) in [6.45, 7) is 4.41. The number of carbonyl (C=O) groups excluding carboxylic acids is 1. The van der Waals surface area contributed by atoms with Crippen LogP contribution in [0.25, 0.3) is 0 Å². The minimum atomic E-state index is 0.279. The van der Waals surface area contributed by atoms with Crippen molar-refractivity contribution in [1.29, 1.82) is 0 Å². The highest BCUT2D eigenvalue weighted by molar-refractivity contribution is 5.79. The molecule has 2 rings (SSSR count). The van der Waals surface area contributed by atoms with Gasteiger partial charge in [0, 0.05) is 12.0 Å². The molecule has 0 heterocycles. The quantitative estimate of drug-likeness (QED) is 0.800. The van der Waals surface area contributed by atoms with Gasteiger partial charge in [-0.2, -0.15) is 0 Å². The summed E-state index contributed by atoms with van der Waals surface area (Å²) in [5.74, 6) is 1.30. The smallest absolute Gasteiger partial charge is 0.223 e. The van der Waals surface area contributed by atoms with Crippen LogP contribution in [-0.4, -0.2) is 11.9 Å². The molecule has 110 valence electrons. The molecule has 20 heavy (non-hydrogen) atoms. The van der Waals surface area contributed by atoms with Crippen molar-refractivity contribution >= 4 is 5.91 Å². The number of nitrogens with one attached hydrogen (secondary N) is 1. The first-order valence-electron chi connectivity index (χ1n) is 8.03. The Morgan fingerprint density at radius 3 is 2.55 bits per heavy atom. The first-order chi connectivity index (χ1) is 9.69. The average Bonchev–Trinajstić information content (AvgIpc) is 2.42. The molecule has 1 N–H and O–H groups in total. The lowest BCUT2D eigenvalue weighted by molar-refractivity contribution is -0.129. The third-order valence-electron chi connectivity index (χ3n) is 4.35. The molecule has 1 amide bonds. The van der Waals surface area contributed by atoms with E-state index in [1.165, 1.54) is 5.56 Å². The zero-order chi connectivity index (χ0) is 14.4. The van der Waals surface area contributed by atoms with E-state index in [2.05, 4.69) is 43.4 Å². The second-order valence-corrected chi connectivity index (χ2v) is 6.29. The summed E-state index contributed by atoms with van der Waals surface area (Å²) < 4.78 is 0. The van der Waals surface area contributed by atoms with Gasteiger partial charge in [-0.3, -0.25) is 4.79 Å². The van der Waals surface area contributed by atoms with Gasteiger partial charge in [0.2, 0.25) is 5.91 Å². The molecule has 0 aliphatic heterocycles. The Morgan fingerprint density at radius 2 is 1.95 bits per heavy atom. The van der Waals surface area contributed by atoms with E-state index in [1.807, 2.05) is 6.07 Å². The van der Waals surface area contributed by atoms with Gasteiger partial charge in [-0.1, -0.05) is 50.6 Å². The third-order valence-corrected chi connectivity index (χ3v) is 4.35. The fourth-order valence-electron chi connectivity index (χ4n) is 3.06. The molecule has 1 unspecified atom stereocenters. The first kappa shape index (κ1) is 15.1. The molecule has 1 atom stereocenters. The number of amides is 1. The minimum Gasteiger partial charge on any atom is -0.353 e. The predicted molar refractivity (Wildman–Crippen MR) is 83.5 cm³/mol. The van der Waals surface area contributed by atoms with Gasteiger partial charge in [-0.05, 0) is 43.6 Å². The van der Waals surface area contributed by atoms with Crippen molar-refractivity contribution < 1.29 is 4.79 Å². The van der Waals surface area contributed by atoms with Gasteiger partial charge in [-0.15, -0.1) is 0 Å². The van der Waals surface area contributed by atoms with Gasteiger partial charge in [0.15, 0.2) is 0 Å². The monoisotopic (exact) mass is 273 g/mol. The van der Waals surface area contributed by atoms with Gasteiger partial charge < -0.3 is 5.32 Å². The molecule has 1 aromatic carbocycles. The van der Waals surface area contributed by atoms with E-state index in [0.717, 1.165) is 44.4 Å². The van der Waals surface area contributed by atoms with Crippen molar-refractivity contribution in [3.8, 4) is 0 Å². The summed E-state index contributed by atoms with van der Waals surface area (Å²) >= 11 is 0. The highest BCUT2D eigenvalue weighted by atomic mass is 16.2. The Bertz CT molecular complexity index is 409. The second-order valence-electron chi connectivity index (χ2n) is 6.29. The molecule has 0 bridgehead atoms. The van der Waals surface area contributed by atoms with E-state index in [4.69, 9.17) is 0 Å². The summed E-state index contributed by atoms with van der Waals surface area (Å²) in [6.07, 6.45) is 6.45. The molecule has 0 radical (unpaired) electrons. The highest BCUT2D eigenvalue weighted by Crippen LogP contribution is 2.33. The lowest BCUT2D eigenvalue weighted by atomic mass is 9.75. The maximum absolute atomic E-state index is 12.2. The van der Waals surface area contributed by atoms with E-state index in [1.54, 1.807) is 0 Å². The Labute approximate surface area is 123 Å². The van der Waals surface area contributed by atoms with Crippen molar-refractivity contribution in [3.63, 3.8) is 0 Å². The van der Waals surface area contributed by atoms with Crippen LogP contribution >= 0.6 is 0 Å². The van der Waals surface area contributed by atoms with Crippen molar-refractivity contribution in [2.75, 3.05) is 0 Å². The van der Waals surface area contributed by atoms with Gasteiger partial charge in [-0.25, -0.2) is 0 Å². The molecular weight excluding hydrogens is 246 g/mol. The average molecular weight is 273 g/mol. The second kappa shape index (κ2) is 7.47. The lowest BCUT2D eigenvalue weighted by Crippen LogP contribution is -2.43. The summed E-state index contributed by atoms with van der Waals surface area (Å²) in [5, 5.41) is 3.27. The van der Waals surface area contributed by atoms with Crippen LogP contribution in [0, 0.1) is 11.8 Å². The molecule has 2 heteroatoms. The number of hydrogen-bond donors (Lipinski definition) is 1. The standard InChI is InChI=1S/C18H27NO/c1-3-7-17(11-10-15-8-5-4-6-9-15)19-18(20)16-12-14(2)13-16/h4-6,8-9,14,16-17H,3,7,10-13H2,1-2H3,(H,19,20). The Morgan fingerprint density at radius 1 is 1.25 bits per heavy atom. The van der Waals surface area contributed by atoms with E-state index in [9.17, 15) is 4.79 Å². The SMILES string of the molecule is CCCC(CCc1ccccc1)NC(=O)C1CC(C)C1. The molecular formula is C18H27NO. The van der Waals surface area contributed by atoms with Gasteiger partial charge >= 0.3 is 0 Å². The molecule has 1 saturated carbocycles. The fourth-order valence-corrected chi connectivity index (χ4v) is 3.06. The van der Waals surface area contributed by atoms with E-state index < -0.39 is 0 Å². The van der Waals surface area contributed by atoms with Gasteiger partial charge in [0.05, 0.1) is 0 Å². The van der Waals surface area contributed by atoms with Crippen LogP contribution in [0.15, 0.2) is 30.3 Å². The topological polar surface area (TPSA) is 29.1 Å². The maximum Gasteiger partial charge on any atom is 0.223 e. The first-order valence-corrected chi connectivity index (χ1v) is 8.03. The van der Waals surface area contributed by atoms with E-state index in [0.29, 0.717) is 6.04 Å². The summed E-state index contributed by atoms with van der Waals surface area (Å²) in [4.78, 5) is 12.2. The van der Waals surface area contributed by atoms with Crippen LogP contribution in [0.4, 0.5) is 0 Å². The number of aryl methyl sites for hydroxylation is 1. The lowest BCUT2D eigenvalue weighted by Gasteiger charge is -2.33. The largest absolute Gasteiger partial charge is 0.353 e. The van der Waals surface area contributed by atoms with Crippen LogP contribution in [0.3, 0.4) is 0 Å². The zero-order valence-corrected chi connectivity index (χ0v) is 12.8. The zero-order valence-electron chi connectivity index (χ0n) is 12.8. The summed E-state index contributed by atoms with van der Waals surface area (Å²) in [6, 6.07) is 10.9. The third kappa shape index (κ3) is 4.36. The number of hydrogen-bond acceptors (Lipinski definition) is 1. The molecule has 1 aliphatic carbocycles. The van der Waals surface area contributed by atoms with Crippen LogP contribution in [0.1, 0.15) is 51.5 Å². The molecule has 2 nitrogen and oxygen atoms in total. The van der Waals surface area contributed by atoms with Crippen molar-refractivity contribution in [2.24, 2.45) is 11.8 Å². The predicted octanol–water partition coefficient (Wildman–Crippen LogP) is 3.95. The molecule has 0 spiro atoms. The molecule has 0 saturated heterocycles. The minimum absolute atomic E-state index is 0.279. The number of rotatable bonds is 7. The van der Waals surface area contributed by atoms with E-state index >= 15 is 0 Å². The van der Waals surface area contributed by atoms with Gasteiger partial charge in [0.1, 0.15) is 0 Å². The molecule has 1 aliphatic rings. The summed E-state index contributed by atoms with van der Waals surface area (Å²) in [7, 11) is 0. The Balaban J connectivity index is 1.79. The van der Waals surface area contributed by atoms with Crippen LogP contribution in [0.5, 0.6) is 0 Å². The molecule has 1 fully saturated rings. The normalized spacial score (nSPS) is 22.9. The summed E-state index contributed by atoms with van der Waals surface area (Å²) in [5.41, 5.74) is 1.36. The van der Waals surface area contributed by atoms with Crippen molar-refractivity contribution in [3.05, 3.63) is 35.9 Å². The van der Waals surface area contributed by atoms with Crippen molar-refractivity contribution in [2.45, 2.75) is 58.4 Å².